The van der Waals surface area contributed by atoms with Crippen molar-refractivity contribution in [1.29, 1.82) is 0 Å². The maximum absolute atomic E-state index is 11.5. The van der Waals surface area contributed by atoms with Gasteiger partial charge < -0.3 is 19.5 Å². The first-order chi connectivity index (χ1) is 9.60. The van der Waals surface area contributed by atoms with Crippen LogP contribution in [0.4, 0.5) is 4.79 Å². The van der Waals surface area contributed by atoms with E-state index in [-0.39, 0.29) is 24.7 Å². The Morgan fingerprint density at radius 1 is 1.30 bits per heavy atom. The van der Waals surface area contributed by atoms with Crippen LogP contribution < -0.4 is 14.8 Å². The standard InChI is InChI=1S/C13H15NO6/c1-3-19-12(16)7-14-13(17)20-10-5-4-9(8-15)6-11(10)18-2/h4-6,8H,3,7H2,1-2H3,(H,14,17). The maximum Gasteiger partial charge on any atom is 0.413 e. The number of hydrogen-bond acceptors (Lipinski definition) is 6. The SMILES string of the molecule is CCOC(=O)CNC(=O)Oc1ccc(C=O)cc1OC. The average molecular weight is 281 g/mol. The summed E-state index contributed by atoms with van der Waals surface area (Å²) in [5.41, 5.74) is 0.390. The smallest absolute Gasteiger partial charge is 0.413 e. The summed E-state index contributed by atoms with van der Waals surface area (Å²) in [4.78, 5) is 33.1. The molecule has 108 valence electrons. The van der Waals surface area contributed by atoms with Gasteiger partial charge in [0.1, 0.15) is 12.8 Å². The highest BCUT2D eigenvalue weighted by Crippen LogP contribution is 2.27. The van der Waals surface area contributed by atoms with Crippen molar-refractivity contribution >= 4 is 18.3 Å². The van der Waals surface area contributed by atoms with Crippen molar-refractivity contribution in [3.8, 4) is 11.5 Å². The van der Waals surface area contributed by atoms with Crippen LogP contribution in [0.1, 0.15) is 17.3 Å². The van der Waals surface area contributed by atoms with Crippen molar-refractivity contribution < 1.29 is 28.6 Å². The third-order valence-corrected chi connectivity index (χ3v) is 2.21. The van der Waals surface area contributed by atoms with Crippen LogP contribution in [0.5, 0.6) is 11.5 Å². The predicted molar refractivity (Wildman–Crippen MR) is 69.0 cm³/mol. The van der Waals surface area contributed by atoms with E-state index < -0.39 is 12.1 Å². The Hall–Kier alpha value is -2.57. The first-order valence-electron chi connectivity index (χ1n) is 5.85. The van der Waals surface area contributed by atoms with Gasteiger partial charge in [-0.05, 0) is 25.1 Å². The minimum atomic E-state index is -0.824. The Balaban J connectivity index is 2.61. The molecule has 1 aromatic carbocycles. The molecule has 7 heteroatoms. The van der Waals surface area contributed by atoms with Crippen molar-refractivity contribution in [2.75, 3.05) is 20.3 Å². The summed E-state index contributed by atoms with van der Waals surface area (Å²) < 4.78 is 14.6. The van der Waals surface area contributed by atoms with Gasteiger partial charge in [-0.15, -0.1) is 0 Å². The van der Waals surface area contributed by atoms with Crippen LogP contribution in [0.3, 0.4) is 0 Å². The van der Waals surface area contributed by atoms with Gasteiger partial charge in [-0.2, -0.15) is 0 Å². The Morgan fingerprint density at radius 3 is 2.65 bits per heavy atom. The number of benzene rings is 1. The van der Waals surface area contributed by atoms with Gasteiger partial charge in [0.05, 0.1) is 13.7 Å². The van der Waals surface area contributed by atoms with E-state index in [0.717, 1.165) is 0 Å². The summed E-state index contributed by atoms with van der Waals surface area (Å²) in [5.74, 6) is -0.187. The minimum absolute atomic E-state index is 0.138. The van der Waals surface area contributed by atoms with Crippen LogP contribution >= 0.6 is 0 Å². The first-order valence-corrected chi connectivity index (χ1v) is 5.85. The van der Waals surface area contributed by atoms with Gasteiger partial charge >= 0.3 is 12.1 Å². The first kappa shape index (κ1) is 15.5. The average Bonchev–Trinajstić information content (AvgIpc) is 2.46. The second-order valence-electron chi connectivity index (χ2n) is 3.58. The quantitative estimate of drug-likeness (QED) is 0.621. The molecule has 0 atom stereocenters. The molecule has 20 heavy (non-hydrogen) atoms. The van der Waals surface area contributed by atoms with Crippen molar-refractivity contribution in [1.82, 2.24) is 5.32 Å². The topological polar surface area (TPSA) is 90.9 Å². The number of aldehydes is 1. The molecule has 0 radical (unpaired) electrons. The van der Waals surface area contributed by atoms with Crippen molar-refractivity contribution in [2.45, 2.75) is 6.92 Å². The van der Waals surface area contributed by atoms with E-state index >= 15 is 0 Å². The summed E-state index contributed by atoms with van der Waals surface area (Å²) in [6, 6.07) is 4.33. The molecule has 1 N–H and O–H groups in total. The van der Waals surface area contributed by atoms with E-state index in [9.17, 15) is 14.4 Å². The van der Waals surface area contributed by atoms with Crippen LogP contribution in [-0.4, -0.2) is 38.6 Å². The summed E-state index contributed by atoms with van der Waals surface area (Å²) in [5, 5.41) is 2.23. The zero-order valence-electron chi connectivity index (χ0n) is 11.2. The molecule has 0 bridgehead atoms. The molecule has 0 spiro atoms. The van der Waals surface area contributed by atoms with Gasteiger partial charge in [-0.25, -0.2) is 4.79 Å². The molecule has 0 fully saturated rings. The highest BCUT2D eigenvalue weighted by Gasteiger charge is 2.12. The minimum Gasteiger partial charge on any atom is -0.493 e. The molecule has 0 aliphatic heterocycles. The molecule has 0 aliphatic rings. The van der Waals surface area contributed by atoms with E-state index in [1.807, 2.05) is 0 Å². The van der Waals surface area contributed by atoms with E-state index in [0.29, 0.717) is 11.8 Å². The lowest BCUT2D eigenvalue weighted by molar-refractivity contribution is -0.141. The molecule has 1 aromatic rings. The Bertz CT molecular complexity index is 500. The molecule has 0 saturated carbocycles. The monoisotopic (exact) mass is 281 g/mol. The molecule has 0 unspecified atom stereocenters. The van der Waals surface area contributed by atoms with Crippen LogP contribution in [0, 0.1) is 0 Å². The van der Waals surface area contributed by atoms with Gasteiger partial charge in [0.25, 0.3) is 0 Å². The lowest BCUT2D eigenvalue weighted by Crippen LogP contribution is -2.32. The molecule has 1 amide bonds. The lowest BCUT2D eigenvalue weighted by atomic mass is 10.2. The van der Waals surface area contributed by atoms with Crippen LogP contribution in [0.25, 0.3) is 0 Å². The van der Waals surface area contributed by atoms with Crippen molar-refractivity contribution in [3.05, 3.63) is 23.8 Å². The van der Waals surface area contributed by atoms with E-state index in [1.165, 1.54) is 25.3 Å². The summed E-state index contributed by atoms with van der Waals surface area (Å²) in [6.45, 7) is 1.60. The predicted octanol–water partition coefficient (Wildman–Crippen LogP) is 1.16. The zero-order valence-corrected chi connectivity index (χ0v) is 11.2. The molecule has 0 aromatic heterocycles. The number of amides is 1. The Labute approximate surface area is 115 Å². The molecular formula is C13H15NO6. The number of nitrogens with one attached hydrogen (secondary N) is 1. The third kappa shape index (κ3) is 4.60. The fourth-order valence-corrected chi connectivity index (χ4v) is 1.33. The van der Waals surface area contributed by atoms with Crippen LogP contribution in [0.15, 0.2) is 18.2 Å². The van der Waals surface area contributed by atoms with E-state index in [2.05, 4.69) is 10.1 Å². The number of hydrogen-bond donors (Lipinski definition) is 1. The van der Waals surface area contributed by atoms with Gasteiger partial charge in [-0.3, -0.25) is 9.59 Å². The number of carbonyl (C=O) groups is 3. The second-order valence-corrected chi connectivity index (χ2v) is 3.58. The van der Waals surface area contributed by atoms with Crippen LogP contribution in [0.2, 0.25) is 0 Å². The van der Waals surface area contributed by atoms with Crippen molar-refractivity contribution in [2.24, 2.45) is 0 Å². The third-order valence-electron chi connectivity index (χ3n) is 2.21. The number of esters is 1. The largest absolute Gasteiger partial charge is 0.493 e. The van der Waals surface area contributed by atoms with Gasteiger partial charge in [-0.1, -0.05) is 0 Å². The van der Waals surface area contributed by atoms with Gasteiger partial charge in [0, 0.05) is 5.56 Å². The zero-order chi connectivity index (χ0) is 15.0. The van der Waals surface area contributed by atoms with Gasteiger partial charge in [0.15, 0.2) is 11.5 Å². The summed E-state index contributed by atoms with van der Waals surface area (Å²) in [7, 11) is 1.38. The highest BCUT2D eigenvalue weighted by atomic mass is 16.6. The Kier molecular flexibility index (Phi) is 6.02. The second kappa shape index (κ2) is 7.78. The fraction of sp³-hybridized carbons (Fsp3) is 0.308. The maximum atomic E-state index is 11.5. The van der Waals surface area contributed by atoms with Gasteiger partial charge in [0.2, 0.25) is 0 Å². The van der Waals surface area contributed by atoms with Crippen LogP contribution in [-0.2, 0) is 9.53 Å². The van der Waals surface area contributed by atoms with Crippen molar-refractivity contribution in [3.63, 3.8) is 0 Å². The van der Waals surface area contributed by atoms with E-state index in [1.54, 1.807) is 6.92 Å². The normalized spacial score (nSPS) is 9.50. The Morgan fingerprint density at radius 2 is 2.05 bits per heavy atom. The van der Waals surface area contributed by atoms with E-state index in [4.69, 9.17) is 9.47 Å². The number of ether oxygens (including phenoxy) is 3. The fourth-order valence-electron chi connectivity index (χ4n) is 1.33. The number of rotatable bonds is 6. The number of carbonyl (C=O) groups excluding carboxylic acids is 3. The highest BCUT2D eigenvalue weighted by molar-refractivity contribution is 5.80. The summed E-state index contributed by atoms with van der Waals surface area (Å²) >= 11 is 0. The molecule has 7 nitrogen and oxygen atoms in total. The summed E-state index contributed by atoms with van der Waals surface area (Å²) in [6.07, 6.45) is -0.178. The molecule has 0 heterocycles. The molecule has 0 aliphatic carbocycles. The lowest BCUT2D eigenvalue weighted by Gasteiger charge is -2.10. The molecule has 1 rings (SSSR count). The molecular weight excluding hydrogens is 266 g/mol. The molecule has 0 saturated heterocycles. The number of methoxy groups -OCH3 is 1.